The lowest BCUT2D eigenvalue weighted by atomic mass is 10.1. The highest BCUT2D eigenvalue weighted by molar-refractivity contribution is 5.99. The molecule has 0 N–H and O–H groups in total. The number of benzene rings is 3. The molecule has 0 aliphatic carbocycles. The van der Waals surface area contributed by atoms with Gasteiger partial charge in [0.25, 0.3) is 0 Å². The third-order valence-corrected chi connectivity index (χ3v) is 5.58. The Balaban J connectivity index is 1.51. The molecule has 0 bridgehead atoms. The number of aryl methyl sites for hydroxylation is 1. The molecule has 1 atom stereocenters. The fourth-order valence-electron chi connectivity index (χ4n) is 3.90. The first-order valence-corrected chi connectivity index (χ1v) is 10.3. The average Bonchev–Trinajstić information content (AvgIpc) is 3.15. The van der Waals surface area contributed by atoms with Gasteiger partial charge in [0, 0.05) is 25.2 Å². The molecule has 1 heterocycles. The topological polar surface area (TPSA) is 40.6 Å². The van der Waals surface area contributed by atoms with Gasteiger partial charge in [-0.1, -0.05) is 78.4 Å². The van der Waals surface area contributed by atoms with Crippen molar-refractivity contribution >= 4 is 17.5 Å². The van der Waals surface area contributed by atoms with Crippen LogP contribution in [-0.2, 0) is 22.7 Å². The van der Waals surface area contributed by atoms with Crippen molar-refractivity contribution in [1.82, 2.24) is 4.90 Å². The molecule has 3 aromatic rings. The van der Waals surface area contributed by atoms with Gasteiger partial charge in [0.05, 0.1) is 12.5 Å². The van der Waals surface area contributed by atoms with Crippen molar-refractivity contribution in [1.29, 1.82) is 0 Å². The second-order valence-corrected chi connectivity index (χ2v) is 7.91. The Morgan fingerprint density at radius 2 is 1.53 bits per heavy atom. The zero-order valence-corrected chi connectivity index (χ0v) is 17.2. The van der Waals surface area contributed by atoms with Gasteiger partial charge in [-0.3, -0.25) is 9.59 Å². The number of likely N-dealkylation sites (tertiary alicyclic amines) is 1. The highest BCUT2D eigenvalue weighted by Gasteiger charge is 2.36. The summed E-state index contributed by atoms with van der Waals surface area (Å²) in [5.74, 6) is -0.279. The van der Waals surface area contributed by atoms with E-state index in [0.29, 0.717) is 19.6 Å². The molecule has 1 aliphatic rings. The largest absolute Gasteiger partial charge is 0.338 e. The van der Waals surface area contributed by atoms with Crippen LogP contribution in [0.25, 0.3) is 0 Å². The highest BCUT2D eigenvalue weighted by atomic mass is 16.2. The average molecular weight is 399 g/mol. The first-order chi connectivity index (χ1) is 14.6. The maximum atomic E-state index is 13.5. The van der Waals surface area contributed by atoms with Gasteiger partial charge in [0.2, 0.25) is 11.8 Å². The molecule has 2 amide bonds. The van der Waals surface area contributed by atoms with Crippen molar-refractivity contribution in [2.75, 3.05) is 11.4 Å². The Kier molecular flexibility index (Phi) is 5.94. The van der Waals surface area contributed by atoms with Crippen LogP contribution in [0.1, 0.15) is 23.1 Å². The second kappa shape index (κ2) is 8.95. The summed E-state index contributed by atoms with van der Waals surface area (Å²) in [5.41, 5.74) is 4.21. The van der Waals surface area contributed by atoms with Gasteiger partial charge in [-0.15, -0.1) is 0 Å². The summed E-state index contributed by atoms with van der Waals surface area (Å²) in [5, 5.41) is 0. The number of carbonyl (C=O) groups is 2. The first-order valence-electron chi connectivity index (χ1n) is 10.3. The quantitative estimate of drug-likeness (QED) is 0.610. The molecular formula is C26H26N2O2. The molecule has 0 saturated carbocycles. The van der Waals surface area contributed by atoms with Crippen molar-refractivity contribution in [2.24, 2.45) is 5.92 Å². The number of nitrogens with zero attached hydrogens (tertiary/aromatic N) is 2. The van der Waals surface area contributed by atoms with E-state index < -0.39 is 0 Å². The van der Waals surface area contributed by atoms with E-state index >= 15 is 0 Å². The first kappa shape index (κ1) is 19.9. The van der Waals surface area contributed by atoms with Crippen molar-refractivity contribution in [2.45, 2.75) is 26.4 Å². The molecule has 1 unspecified atom stereocenters. The van der Waals surface area contributed by atoms with Gasteiger partial charge < -0.3 is 9.80 Å². The van der Waals surface area contributed by atoms with Crippen molar-refractivity contribution in [3.05, 3.63) is 102 Å². The third kappa shape index (κ3) is 4.60. The number of carbonyl (C=O) groups excluding carboxylic acids is 2. The molecule has 4 nitrogen and oxygen atoms in total. The van der Waals surface area contributed by atoms with Crippen LogP contribution < -0.4 is 4.90 Å². The van der Waals surface area contributed by atoms with Gasteiger partial charge in [0.1, 0.15) is 0 Å². The SMILES string of the molecule is Cc1ccc(CN2CC(C(=O)N(Cc3ccccc3)c3ccccc3)CC2=O)cc1. The van der Waals surface area contributed by atoms with E-state index in [9.17, 15) is 9.59 Å². The summed E-state index contributed by atoms with van der Waals surface area (Å²) < 4.78 is 0. The van der Waals surface area contributed by atoms with E-state index in [1.54, 1.807) is 4.90 Å². The van der Waals surface area contributed by atoms with Crippen LogP contribution in [0.15, 0.2) is 84.9 Å². The lowest BCUT2D eigenvalue weighted by Crippen LogP contribution is -2.37. The normalized spacial score (nSPS) is 16.0. The summed E-state index contributed by atoms with van der Waals surface area (Å²) in [4.78, 5) is 29.7. The Hall–Kier alpha value is -3.40. The van der Waals surface area contributed by atoms with Gasteiger partial charge >= 0.3 is 0 Å². The Morgan fingerprint density at radius 1 is 0.900 bits per heavy atom. The zero-order valence-electron chi connectivity index (χ0n) is 17.2. The van der Waals surface area contributed by atoms with Crippen LogP contribution in [0.3, 0.4) is 0 Å². The van der Waals surface area contributed by atoms with Crippen LogP contribution in [-0.4, -0.2) is 23.3 Å². The summed E-state index contributed by atoms with van der Waals surface area (Å²) in [7, 11) is 0. The predicted molar refractivity (Wildman–Crippen MR) is 119 cm³/mol. The third-order valence-electron chi connectivity index (χ3n) is 5.58. The van der Waals surface area contributed by atoms with E-state index in [-0.39, 0.29) is 24.2 Å². The van der Waals surface area contributed by atoms with Gasteiger partial charge in [-0.25, -0.2) is 0 Å². The molecule has 152 valence electrons. The van der Waals surface area contributed by atoms with Crippen LogP contribution in [0.4, 0.5) is 5.69 Å². The van der Waals surface area contributed by atoms with Crippen molar-refractivity contribution in [3.8, 4) is 0 Å². The smallest absolute Gasteiger partial charge is 0.232 e. The van der Waals surface area contributed by atoms with Crippen LogP contribution >= 0.6 is 0 Å². The standard InChI is InChI=1S/C26H26N2O2/c1-20-12-14-22(15-13-20)17-27-19-23(16-25(27)29)26(30)28(24-10-6-3-7-11-24)18-21-8-4-2-5-9-21/h2-15,23H,16-19H2,1H3. The van der Waals surface area contributed by atoms with E-state index in [0.717, 1.165) is 16.8 Å². The van der Waals surface area contributed by atoms with E-state index in [1.807, 2.05) is 84.6 Å². The minimum atomic E-state index is -0.327. The van der Waals surface area contributed by atoms with Crippen LogP contribution in [0, 0.1) is 12.8 Å². The molecule has 4 heteroatoms. The van der Waals surface area contributed by atoms with Crippen molar-refractivity contribution < 1.29 is 9.59 Å². The van der Waals surface area contributed by atoms with E-state index in [2.05, 4.69) is 12.1 Å². The second-order valence-electron chi connectivity index (χ2n) is 7.91. The fourth-order valence-corrected chi connectivity index (χ4v) is 3.90. The Labute approximate surface area is 177 Å². The number of para-hydroxylation sites is 1. The van der Waals surface area contributed by atoms with E-state index in [4.69, 9.17) is 0 Å². The van der Waals surface area contributed by atoms with Crippen LogP contribution in [0.2, 0.25) is 0 Å². The van der Waals surface area contributed by atoms with E-state index in [1.165, 1.54) is 5.56 Å². The fraction of sp³-hybridized carbons (Fsp3) is 0.231. The van der Waals surface area contributed by atoms with Gasteiger partial charge in [0.15, 0.2) is 0 Å². The maximum absolute atomic E-state index is 13.5. The van der Waals surface area contributed by atoms with Gasteiger partial charge in [-0.2, -0.15) is 0 Å². The molecule has 3 aromatic carbocycles. The number of anilines is 1. The number of hydrogen-bond donors (Lipinski definition) is 0. The minimum absolute atomic E-state index is 0.00445. The lowest BCUT2D eigenvalue weighted by Gasteiger charge is -2.26. The Bertz CT molecular complexity index is 1000. The van der Waals surface area contributed by atoms with Crippen molar-refractivity contribution in [3.63, 3.8) is 0 Å². The minimum Gasteiger partial charge on any atom is -0.338 e. The molecule has 4 rings (SSSR count). The molecule has 0 aromatic heterocycles. The molecule has 1 fully saturated rings. The predicted octanol–water partition coefficient (Wildman–Crippen LogP) is 4.58. The Morgan fingerprint density at radius 3 is 2.20 bits per heavy atom. The maximum Gasteiger partial charge on any atom is 0.232 e. The molecule has 30 heavy (non-hydrogen) atoms. The molecule has 1 aliphatic heterocycles. The summed E-state index contributed by atoms with van der Waals surface area (Å²) >= 11 is 0. The summed E-state index contributed by atoms with van der Waals surface area (Å²) in [6.07, 6.45) is 0.267. The lowest BCUT2D eigenvalue weighted by molar-refractivity contribution is -0.128. The molecular weight excluding hydrogens is 372 g/mol. The number of rotatable bonds is 6. The summed E-state index contributed by atoms with van der Waals surface area (Å²) in [6, 6.07) is 27.9. The molecule has 0 spiro atoms. The summed E-state index contributed by atoms with van der Waals surface area (Å²) in [6.45, 7) is 3.55. The van der Waals surface area contributed by atoms with Crippen LogP contribution in [0.5, 0.6) is 0 Å². The molecule has 1 saturated heterocycles. The molecule has 0 radical (unpaired) electrons. The zero-order chi connectivity index (χ0) is 20.9. The number of hydrogen-bond acceptors (Lipinski definition) is 2. The monoisotopic (exact) mass is 398 g/mol. The highest BCUT2D eigenvalue weighted by Crippen LogP contribution is 2.26. The van der Waals surface area contributed by atoms with Gasteiger partial charge in [-0.05, 0) is 30.2 Å². The number of amides is 2.